The SMILES string of the molecule is CCOC(=O)C1=CCC(N(C)[Si](C)(C)C)CC1. The first-order valence-electron chi connectivity index (χ1n) is 6.45. The van der Waals surface area contributed by atoms with E-state index in [1.807, 2.05) is 6.92 Å². The van der Waals surface area contributed by atoms with E-state index >= 15 is 0 Å². The molecule has 98 valence electrons. The molecule has 0 aromatic heterocycles. The van der Waals surface area contributed by atoms with Crippen LogP contribution in [0.15, 0.2) is 11.6 Å². The molecule has 1 rings (SSSR count). The van der Waals surface area contributed by atoms with Crippen LogP contribution in [0.2, 0.25) is 19.6 Å². The second-order valence-corrected chi connectivity index (χ2v) is 10.7. The molecule has 0 saturated carbocycles. The Bertz CT molecular complexity index is 307. The molecule has 1 unspecified atom stereocenters. The van der Waals surface area contributed by atoms with Crippen LogP contribution in [-0.4, -0.2) is 38.5 Å². The molecule has 0 amide bonds. The topological polar surface area (TPSA) is 29.5 Å². The number of nitrogens with zero attached hydrogens (tertiary/aromatic N) is 1. The van der Waals surface area contributed by atoms with Crippen molar-refractivity contribution in [1.29, 1.82) is 0 Å². The highest BCUT2D eigenvalue weighted by Gasteiger charge is 2.29. The first-order valence-corrected chi connectivity index (χ1v) is 9.90. The fourth-order valence-electron chi connectivity index (χ4n) is 2.13. The Morgan fingerprint density at radius 1 is 1.53 bits per heavy atom. The molecule has 0 aliphatic heterocycles. The van der Waals surface area contributed by atoms with Crippen LogP contribution in [0.3, 0.4) is 0 Å². The number of carbonyl (C=O) groups excluding carboxylic acids is 1. The summed E-state index contributed by atoms with van der Waals surface area (Å²) in [6.07, 6.45) is 4.99. The van der Waals surface area contributed by atoms with E-state index in [2.05, 4.69) is 37.3 Å². The number of ether oxygens (including phenoxy) is 1. The van der Waals surface area contributed by atoms with Crippen LogP contribution in [0.25, 0.3) is 0 Å². The van der Waals surface area contributed by atoms with Gasteiger partial charge in [0.25, 0.3) is 0 Å². The Kier molecular flexibility index (Phi) is 4.95. The molecular formula is C13H25NO2Si. The predicted molar refractivity (Wildman–Crippen MR) is 73.5 cm³/mol. The third kappa shape index (κ3) is 3.96. The maximum Gasteiger partial charge on any atom is 0.333 e. The maximum atomic E-state index is 11.6. The fourth-order valence-corrected chi connectivity index (χ4v) is 3.46. The van der Waals surface area contributed by atoms with Gasteiger partial charge in [-0.15, -0.1) is 0 Å². The summed E-state index contributed by atoms with van der Waals surface area (Å²) in [4.78, 5) is 11.6. The Labute approximate surface area is 106 Å². The van der Waals surface area contributed by atoms with E-state index in [-0.39, 0.29) is 5.97 Å². The lowest BCUT2D eigenvalue weighted by atomic mass is 9.95. The fraction of sp³-hybridized carbons (Fsp3) is 0.769. The molecule has 17 heavy (non-hydrogen) atoms. The van der Waals surface area contributed by atoms with Crippen molar-refractivity contribution >= 4 is 14.2 Å². The first-order chi connectivity index (χ1) is 7.86. The lowest BCUT2D eigenvalue weighted by Crippen LogP contribution is -2.49. The number of rotatable bonds is 4. The number of esters is 1. The van der Waals surface area contributed by atoms with E-state index in [1.54, 1.807) is 0 Å². The van der Waals surface area contributed by atoms with Crippen LogP contribution in [0.1, 0.15) is 26.2 Å². The minimum atomic E-state index is -1.22. The van der Waals surface area contributed by atoms with Crippen molar-refractivity contribution in [3.63, 3.8) is 0 Å². The zero-order valence-corrected chi connectivity index (χ0v) is 12.7. The molecule has 0 spiro atoms. The Morgan fingerprint density at radius 3 is 2.59 bits per heavy atom. The summed E-state index contributed by atoms with van der Waals surface area (Å²) < 4.78 is 7.57. The molecule has 1 aliphatic rings. The number of carbonyl (C=O) groups is 1. The molecule has 3 nitrogen and oxygen atoms in total. The monoisotopic (exact) mass is 255 g/mol. The van der Waals surface area contributed by atoms with Crippen LogP contribution in [-0.2, 0) is 9.53 Å². The largest absolute Gasteiger partial charge is 0.463 e. The minimum absolute atomic E-state index is 0.124. The Morgan fingerprint density at radius 2 is 2.18 bits per heavy atom. The van der Waals surface area contributed by atoms with Crippen LogP contribution in [0.5, 0.6) is 0 Å². The van der Waals surface area contributed by atoms with E-state index in [1.165, 1.54) is 0 Å². The van der Waals surface area contributed by atoms with Crippen molar-refractivity contribution in [3.05, 3.63) is 11.6 Å². The average Bonchev–Trinajstić information content (AvgIpc) is 2.27. The third-order valence-corrected chi connectivity index (χ3v) is 6.01. The summed E-state index contributed by atoms with van der Waals surface area (Å²) in [6.45, 7) is 9.39. The highest BCUT2D eigenvalue weighted by Crippen LogP contribution is 2.25. The third-order valence-electron chi connectivity index (χ3n) is 3.53. The van der Waals surface area contributed by atoms with E-state index in [0.29, 0.717) is 12.6 Å². The molecule has 0 bridgehead atoms. The van der Waals surface area contributed by atoms with Gasteiger partial charge in [0.15, 0.2) is 0 Å². The van der Waals surface area contributed by atoms with Gasteiger partial charge >= 0.3 is 5.97 Å². The highest BCUT2D eigenvalue weighted by molar-refractivity contribution is 6.73. The van der Waals surface area contributed by atoms with Crippen molar-refractivity contribution < 1.29 is 9.53 Å². The van der Waals surface area contributed by atoms with Crippen LogP contribution < -0.4 is 0 Å². The second-order valence-electron chi connectivity index (χ2n) is 5.66. The molecule has 4 heteroatoms. The summed E-state index contributed by atoms with van der Waals surface area (Å²) in [5.41, 5.74) is 0.868. The summed E-state index contributed by atoms with van der Waals surface area (Å²) in [5, 5.41) is 0. The molecule has 0 radical (unpaired) electrons. The molecule has 0 saturated heterocycles. The Balaban J connectivity index is 2.57. The molecule has 0 aromatic rings. The van der Waals surface area contributed by atoms with Gasteiger partial charge in [0.1, 0.15) is 8.24 Å². The van der Waals surface area contributed by atoms with E-state index in [0.717, 1.165) is 24.8 Å². The summed E-state index contributed by atoms with van der Waals surface area (Å²) in [5.74, 6) is -0.124. The van der Waals surface area contributed by atoms with Crippen molar-refractivity contribution in [2.45, 2.75) is 51.9 Å². The van der Waals surface area contributed by atoms with Crippen molar-refractivity contribution in [1.82, 2.24) is 4.57 Å². The van der Waals surface area contributed by atoms with E-state index < -0.39 is 8.24 Å². The van der Waals surface area contributed by atoms with Crippen LogP contribution in [0, 0.1) is 0 Å². The molecule has 0 fully saturated rings. The molecular weight excluding hydrogens is 230 g/mol. The zero-order chi connectivity index (χ0) is 13.1. The minimum Gasteiger partial charge on any atom is -0.463 e. The summed E-state index contributed by atoms with van der Waals surface area (Å²) in [7, 11) is 0.998. The standard InChI is InChI=1S/C13H25NO2Si/c1-6-16-13(15)11-7-9-12(10-8-11)14(2)17(3,4)5/h7,12H,6,8-10H2,1-5H3. The highest BCUT2D eigenvalue weighted by atomic mass is 28.3. The van der Waals surface area contributed by atoms with Crippen LogP contribution in [0.4, 0.5) is 0 Å². The molecule has 1 atom stereocenters. The van der Waals surface area contributed by atoms with Gasteiger partial charge in [0, 0.05) is 11.6 Å². The number of hydrogen-bond donors (Lipinski definition) is 0. The van der Waals surface area contributed by atoms with Crippen LogP contribution >= 0.6 is 0 Å². The van der Waals surface area contributed by atoms with Gasteiger partial charge in [-0.1, -0.05) is 25.7 Å². The van der Waals surface area contributed by atoms with Gasteiger partial charge in [-0.25, -0.2) is 4.79 Å². The van der Waals surface area contributed by atoms with E-state index in [4.69, 9.17) is 4.74 Å². The summed E-state index contributed by atoms with van der Waals surface area (Å²) >= 11 is 0. The van der Waals surface area contributed by atoms with Crippen molar-refractivity contribution in [3.8, 4) is 0 Å². The maximum absolute atomic E-state index is 11.6. The molecule has 0 N–H and O–H groups in total. The lowest BCUT2D eigenvalue weighted by molar-refractivity contribution is -0.138. The van der Waals surface area contributed by atoms with Gasteiger partial charge in [-0.3, -0.25) is 0 Å². The van der Waals surface area contributed by atoms with Gasteiger partial charge in [-0.2, -0.15) is 0 Å². The zero-order valence-electron chi connectivity index (χ0n) is 11.7. The number of hydrogen-bond acceptors (Lipinski definition) is 3. The normalized spacial score (nSPS) is 21.3. The van der Waals surface area contributed by atoms with Crippen molar-refractivity contribution in [2.75, 3.05) is 13.7 Å². The average molecular weight is 255 g/mol. The molecule has 0 heterocycles. The van der Waals surface area contributed by atoms with Gasteiger partial charge in [-0.05, 0) is 33.2 Å². The summed E-state index contributed by atoms with van der Waals surface area (Å²) in [6, 6.07) is 0.597. The molecule has 1 aliphatic carbocycles. The first kappa shape index (κ1) is 14.4. The molecule has 0 aromatic carbocycles. The second kappa shape index (κ2) is 5.82. The van der Waals surface area contributed by atoms with Gasteiger partial charge in [0.2, 0.25) is 0 Å². The van der Waals surface area contributed by atoms with E-state index in [9.17, 15) is 4.79 Å². The Hall–Kier alpha value is -0.613. The van der Waals surface area contributed by atoms with Gasteiger partial charge < -0.3 is 9.30 Å². The quantitative estimate of drug-likeness (QED) is 0.571. The van der Waals surface area contributed by atoms with Crippen molar-refractivity contribution in [2.24, 2.45) is 0 Å². The smallest absolute Gasteiger partial charge is 0.333 e. The predicted octanol–water partition coefficient (Wildman–Crippen LogP) is 2.80. The van der Waals surface area contributed by atoms with Gasteiger partial charge in [0.05, 0.1) is 6.61 Å². The lowest BCUT2D eigenvalue weighted by Gasteiger charge is -2.38.